The van der Waals surface area contributed by atoms with Gasteiger partial charge in [0.05, 0.1) is 22.9 Å². The fraction of sp³-hybridized carbons (Fsp3) is 0.211. The van der Waals surface area contributed by atoms with E-state index in [1.807, 2.05) is 0 Å². The van der Waals surface area contributed by atoms with Gasteiger partial charge in [-0.3, -0.25) is 4.98 Å². The molecule has 0 amide bonds. The van der Waals surface area contributed by atoms with Gasteiger partial charge in [-0.15, -0.1) is 18.3 Å². The molecule has 2 aromatic heterocycles. The number of ether oxygens (including phenoxy) is 1. The predicted molar refractivity (Wildman–Crippen MR) is 98.4 cm³/mol. The van der Waals surface area contributed by atoms with Crippen LogP contribution >= 0.6 is 0 Å². The van der Waals surface area contributed by atoms with Crippen molar-refractivity contribution >= 4 is 11.0 Å². The number of aliphatic hydroxyl groups is 1. The van der Waals surface area contributed by atoms with Crippen molar-refractivity contribution in [1.82, 2.24) is 30.2 Å². The Hall–Kier alpha value is -3.88. The summed E-state index contributed by atoms with van der Waals surface area (Å²) in [6, 6.07) is 2.55. The number of fused-ring (bicyclic) bond motifs is 1. The average Bonchev–Trinajstić information content (AvgIpc) is 3.26. The van der Waals surface area contributed by atoms with Crippen molar-refractivity contribution in [2.75, 3.05) is 0 Å². The molecule has 15 heteroatoms. The molecule has 34 heavy (non-hydrogen) atoms. The number of tetrazole rings is 1. The van der Waals surface area contributed by atoms with Crippen molar-refractivity contribution < 1.29 is 40.6 Å². The number of hydrogen-bond acceptors (Lipinski definition) is 7. The minimum atomic E-state index is -4.96. The van der Waals surface area contributed by atoms with Crippen molar-refractivity contribution in [1.29, 1.82) is 0 Å². The number of aromatic nitrogens is 6. The van der Waals surface area contributed by atoms with Crippen LogP contribution in [-0.4, -0.2) is 48.1 Å². The van der Waals surface area contributed by atoms with Crippen molar-refractivity contribution in [3.05, 3.63) is 71.8 Å². The number of nitrogens with zero attached hydrogens (tertiary/aromatic N) is 6. The molecular weight excluding hydrogens is 477 g/mol. The van der Waals surface area contributed by atoms with Crippen LogP contribution in [-0.2, 0) is 5.60 Å². The zero-order valence-corrected chi connectivity index (χ0v) is 16.5. The van der Waals surface area contributed by atoms with Crippen molar-refractivity contribution in [3.63, 3.8) is 0 Å². The van der Waals surface area contributed by atoms with Gasteiger partial charge in [0.15, 0.2) is 5.60 Å². The fourth-order valence-corrected chi connectivity index (χ4v) is 3.38. The predicted octanol–water partition coefficient (Wildman–Crippen LogP) is 3.54. The second kappa shape index (κ2) is 8.48. The highest BCUT2D eigenvalue weighted by Gasteiger charge is 2.52. The zero-order chi connectivity index (χ0) is 24.7. The largest absolute Gasteiger partial charge is 0.573 e. The highest BCUT2D eigenvalue weighted by atomic mass is 19.4. The van der Waals surface area contributed by atoms with Gasteiger partial charge in [-0.25, -0.2) is 27.2 Å². The van der Waals surface area contributed by atoms with Gasteiger partial charge in [0.2, 0.25) is 0 Å². The third kappa shape index (κ3) is 4.33. The van der Waals surface area contributed by atoms with Gasteiger partial charge in [-0.1, -0.05) is 0 Å². The molecule has 178 valence electrons. The summed E-state index contributed by atoms with van der Waals surface area (Å²) >= 11 is 0. The normalized spacial score (nSPS) is 14.9. The van der Waals surface area contributed by atoms with E-state index in [0.717, 1.165) is 30.7 Å². The van der Waals surface area contributed by atoms with Gasteiger partial charge in [-0.05, 0) is 34.7 Å². The van der Waals surface area contributed by atoms with Crippen LogP contribution in [0.25, 0.3) is 11.0 Å². The molecule has 4 aromatic rings. The Labute approximate surface area is 184 Å². The van der Waals surface area contributed by atoms with E-state index in [0.29, 0.717) is 22.9 Å². The van der Waals surface area contributed by atoms with E-state index in [9.17, 15) is 35.8 Å². The van der Waals surface area contributed by atoms with Gasteiger partial charge in [-0.2, -0.15) is 0 Å². The van der Waals surface area contributed by atoms with Crippen LogP contribution in [0, 0.1) is 11.6 Å². The van der Waals surface area contributed by atoms with Crippen LogP contribution in [0.3, 0.4) is 0 Å². The molecular formula is C19H11F7N6O2. The number of benzene rings is 2. The molecule has 1 N–H and O–H groups in total. The van der Waals surface area contributed by atoms with E-state index in [1.54, 1.807) is 0 Å². The van der Waals surface area contributed by atoms with Crippen molar-refractivity contribution in [2.45, 2.75) is 24.4 Å². The lowest BCUT2D eigenvalue weighted by atomic mass is 9.84. The second-order valence-corrected chi connectivity index (χ2v) is 6.94. The molecule has 0 aliphatic carbocycles. The summed E-state index contributed by atoms with van der Waals surface area (Å²) in [4.78, 5) is 7.99. The minimum absolute atomic E-state index is 0.0682. The van der Waals surface area contributed by atoms with Crippen molar-refractivity contribution in [2.24, 2.45) is 0 Å². The smallest absolute Gasteiger partial charge is 0.406 e. The average molecular weight is 488 g/mol. The van der Waals surface area contributed by atoms with E-state index in [-0.39, 0.29) is 11.0 Å². The number of halogens is 7. The van der Waals surface area contributed by atoms with Gasteiger partial charge in [0.25, 0.3) is 6.43 Å². The quantitative estimate of drug-likeness (QED) is 0.415. The van der Waals surface area contributed by atoms with Crippen LogP contribution in [0.4, 0.5) is 30.7 Å². The van der Waals surface area contributed by atoms with E-state index >= 15 is 0 Å². The molecule has 2 unspecified atom stereocenters. The molecule has 2 atom stereocenters. The third-order valence-corrected chi connectivity index (χ3v) is 4.79. The lowest BCUT2D eigenvalue weighted by molar-refractivity contribution is -0.274. The summed E-state index contributed by atoms with van der Waals surface area (Å²) in [5, 5.41) is 21.3. The summed E-state index contributed by atoms with van der Waals surface area (Å²) in [6.45, 7) is 0. The minimum Gasteiger partial charge on any atom is -0.406 e. The highest BCUT2D eigenvalue weighted by Crippen LogP contribution is 2.43. The zero-order valence-electron chi connectivity index (χ0n) is 16.5. The van der Waals surface area contributed by atoms with Crippen LogP contribution in [0.5, 0.6) is 5.75 Å². The molecule has 2 aromatic carbocycles. The molecule has 2 heterocycles. The van der Waals surface area contributed by atoms with Crippen molar-refractivity contribution in [3.8, 4) is 5.75 Å². The second-order valence-electron chi connectivity index (χ2n) is 6.94. The fourth-order valence-electron chi connectivity index (χ4n) is 3.38. The summed E-state index contributed by atoms with van der Waals surface area (Å²) in [5.74, 6) is -3.14. The Morgan fingerprint density at radius 1 is 1.00 bits per heavy atom. The Morgan fingerprint density at radius 3 is 2.38 bits per heavy atom. The molecule has 8 nitrogen and oxygen atoms in total. The van der Waals surface area contributed by atoms with Crippen LogP contribution in [0.15, 0.2) is 48.9 Å². The number of alkyl halides is 5. The summed E-state index contributed by atoms with van der Waals surface area (Å²) in [7, 11) is 0. The highest BCUT2D eigenvalue weighted by molar-refractivity contribution is 5.75. The molecule has 0 aliphatic heterocycles. The lowest BCUT2D eigenvalue weighted by Crippen LogP contribution is -2.45. The molecule has 0 saturated carbocycles. The molecule has 0 fully saturated rings. The molecule has 0 bridgehead atoms. The van der Waals surface area contributed by atoms with E-state index in [4.69, 9.17) is 0 Å². The van der Waals surface area contributed by atoms with Gasteiger partial charge >= 0.3 is 6.36 Å². The summed E-state index contributed by atoms with van der Waals surface area (Å²) in [5.41, 5.74) is -4.90. The molecule has 4 rings (SSSR count). The Morgan fingerprint density at radius 2 is 1.76 bits per heavy atom. The number of rotatable bonds is 6. The van der Waals surface area contributed by atoms with E-state index in [1.165, 1.54) is 0 Å². The Kier molecular flexibility index (Phi) is 5.80. The first-order chi connectivity index (χ1) is 16.0. The third-order valence-electron chi connectivity index (χ3n) is 4.79. The van der Waals surface area contributed by atoms with Crippen LogP contribution in [0.1, 0.15) is 17.3 Å². The Bertz CT molecular complexity index is 1320. The first-order valence-corrected chi connectivity index (χ1v) is 9.20. The van der Waals surface area contributed by atoms with Gasteiger partial charge in [0.1, 0.15) is 29.8 Å². The van der Waals surface area contributed by atoms with Crippen LogP contribution in [0.2, 0.25) is 0 Å². The lowest BCUT2D eigenvalue weighted by Gasteiger charge is -2.35. The molecule has 0 spiro atoms. The molecule has 0 radical (unpaired) electrons. The molecule has 0 saturated heterocycles. The topological polar surface area (TPSA) is 98.8 Å². The van der Waals surface area contributed by atoms with Gasteiger partial charge in [0, 0.05) is 17.7 Å². The standard InChI is InChI=1S/C19H11F7N6O2/c20-9-1-3-11(12(21)5-9)18(33,17(22)23)16(32-8-28-30-31-32)15-7-27-14-6-10(34-19(24,25)26)2-4-13(14)29-15/h1-8,16-17,33H. The maximum absolute atomic E-state index is 14.5. The maximum Gasteiger partial charge on any atom is 0.573 e. The number of hydrogen-bond donors (Lipinski definition) is 1. The summed E-state index contributed by atoms with van der Waals surface area (Å²) < 4.78 is 98.5. The molecule has 0 aliphatic rings. The monoisotopic (exact) mass is 488 g/mol. The first kappa shape index (κ1) is 23.3. The van der Waals surface area contributed by atoms with E-state index < -0.39 is 53.1 Å². The Balaban J connectivity index is 1.88. The summed E-state index contributed by atoms with van der Waals surface area (Å²) in [6.07, 6.45) is -6.90. The SMILES string of the molecule is OC(c1ccc(F)cc1F)(C(F)F)C(c1cnc2cc(OC(F)(F)F)ccc2n1)n1cnnn1. The maximum atomic E-state index is 14.5. The van der Waals surface area contributed by atoms with Gasteiger partial charge < -0.3 is 9.84 Å². The van der Waals surface area contributed by atoms with Crippen LogP contribution < -0.4 is 4.74 Å². The first-order valence-electron chi connectivity index (χ1n) is 9.20. The van der Waals surface area contributed by atoms with E-state index in [2.05, 4.69) is 30.2 Å².